The van der Waals surface area contributed by atoms with Crippen molar-refractivity contribution in [1.82, 2.24) is 0 Å². The summed E-state index contributed by atoms with van der Waals surface area (Å²) in [7, 11) is -3.82. The molecule has 6 nitrogen and oxygen atoms in total. The van der Waals surface area contributed by atoms with Gasteiger partial charge < -0.3 is 10.1 Å². The summed E-state index contributed by atoms with van der Waals surface area (Å²) in [4.78, 5) is -0.0795. The highest BCUT2D eigenvalue weighted by molar-refractivity contribution is 7.89. The normalized spacial score (nSPS) is 16.3. The summed E-state index contributed by atoms with van der Waals surface area (Å²) in [5.41, 5.74) is 1.94. The van der Waals surface area contributed by atoms with Gasteiger partial charge in [-0.05, 0) is 29.8 Å². The molecule has 0 aliphatic carbocycles. The third-order valence-corrected chi connectivity index (χ3v) is 4.59. The molecule has 0 bridgehead atoms. The van der Waals surface area contributed by atoms with E-state index < -0.39 is 10.0 Å². The zero-order valence-corrected chi connectivity index (χ0v) is 13.0. The number of hydrogen-bond donors (Lipinski definition) is 2. The molecule has 1 aliphatic heterocycles. The van der Waals surface area contributed by atoms with Crippen molar-refractivity contribution in [2.45, 2.75) is 17.4 Å². The molecule has 1 atom stereocenters. The molecule has 3 N–H and O–H groups in total. The number of nitrogens with two attached hydrogens (primary N) is 1. The van der Waals surface area contributed by atoms with Crippen molar-refractivity contribution >= 4 is 15.7 Å². The first-order valence-electron chi connectivity index (χ1n) is 7.03. The number of sulfonamides is 1. The number of anilines is 1. The van der Waals surface area contributed by atoms with Crippen LogP contribution in [0.1, 0.15) is 11.1 Å². The molecule has 2 aromatic rings. The minimum atomic E-state index is -3.82. The number of ether oxygens (including phenoxy) is 1. The predicted molar refractivity (Wildman–Crippen MR) is 85.6 cm³/mol. The largest absolute Gasteiger partial charge is 0.488 e. The Kier molecular flexibility index (Phi) is 3.94. The Bertz CT molecular complexity index is 863. The second-order valence-electron chi connectivity index (χ2n) is 5.30. The van der Waals surface area contributed by atoms with Gasteiger partial charge in [0.05, 0.1) is 22.7 Å². The van der Waals surface area contributed by atoms with Gasteiger partial charge in [0.15, 0.2) is 0 Å². The third kappa shape index (κ3) is 3.28. The first kappa shape index (κ1) is 15.3. The highest BCUT2D eigenvalue weighted by Crippen LogP contribution is 2.28. The molecule has 2 aromatic carbocycles. The van der Waals surface area contributed by atoms with Gasteiger partial charge >= 0.3 is 0 Å². The van der Waals surface area contributed by atoms with Gasteiger partial charge in [-0.15, -0.1) is 0 Å². The van der Waals surface area contributed by atoms with Crippen molar-refractivity contribution in [2.75, 3.05) is 11.9 Å². The van der Waals surface area contributed by atoms with Crippen LogP contribution < -0.4 is 15.2 Å². The van der Waals surface area contributed by atoms with Crippen molar-refractivity contribution in [1.29, 1.82) is 5.26 Å². The Morgan fingerprint density at radius 2 is 2.09 bits per heavy atom. The predicted octanol–water partition coefficient (Wildman–Crippen LogP) is 1.62. The highest BCUT2D eigenvalue weighted by atomic mass is 32.2. The molecule has 0 amide bonds. The fourth-order valence-corrected chi connectivity index (χ4v) is 3.08. The van der Waals surface area contributed by atoms with Crippen molar-refractivity contribution < 1.29 is 13.2 Å². The molecule has 0 fully saturated rings. The highest BCUT2D eigenvalue weighted by Gasteiger charge is 2.22. The Morgan fingerprint density at radius 1 is 1.30 bits per heavy atom. The van der Waals surface area contributed by atoms with E-state index in [1.54, 1.807) is 6.07 Å². The zero-order valence-electron chi connectivity index (χ0n) is 12.2. The minimum absolute atomic E-state index is 0.0307. The van der Waals surface area contributed by atoms with E-state index in [1.165, 1.54) is 12.1 Å². The van der Waals surface area contributed by atoms with E-state index in [4.69, 9.17) is 9.88 Å². The minimum Gasteiger partial charge on any atom is -0.488 e. The lowest BCUT2D eigenvalue weighted by molar-refractivity contribution is 0.246. The maximum absolute atomic E-state index is 11.3. The fraction of sp³-hybridized carbons (Fsp3) is 0.188. The molecule has 1 unspecified atom stereocenters. The number of para-hydroxylation sites is 1. The van der Waals surface area contributed by atoms with Crippen LogP contribution in [0.4, 0.5) is 5.69 Å². The SMILES string of the molecule is N#Cc1cc(S(N)(=O)=O)ccc1NCC1Cc2ccccc2O1. The van der Waals surface area contributed by atoms with Crippen LogP contribution in [0.15, 0.2) is 47.4 Å². The van der Waals surface area contributed by atoms with E-state index in [0.717, 1.165) is 17.7 Å². The molecule has 0 aromatic heterocycles. The average molecular weight is 329 g/mol. The summed E-state index contributed by atoms with van der Waals surface area (Å²) in [6.45, 7) is 0.512. The van der Waals surface area contributed by atoms with Gasteiger partial charge in [0.2, 0.25) is 10.0 Å². The number of fused-ring (bicyclic) bond motifs is 1. The number of benzene rings is 2. The Hall–Kier alpha value is -2.56. The number of nitrogens with one attached hydrogen (secondary N) is 1. The Balaban J connectivity index is 1.71. The lowest BCUT2D eigenvalue weighted by atomic mass is 10.1. The smallest absolute Gasteiger partial charge is 0.238 e. The van der Waals surface area contributed by atoms with E-state index in [2.05, 4.69) is 5.32 Å². The molecule has 7 heteroatoms. The van der Waals surface area contributed by atoms with Crippen LogP contribution in [0.5, 0.6) is 5.75 Å². The lowest BCUT2D eigenvalue weighted by Gasteiger charge is -2.14. The number of nitrogens with zero attached hydrogens (tertiary/aromatic N) is 1. The molecule has 3 rings (SSSR count). The zero-order chi connectivity index (χ0) is 16.4. The molecular formula is C16H15N3O3S. The summed E-state index contributed by atoms with van der Waals surface area (Å²) in [5, 5.41) is 17.4. The van der Waals surface area contributed by atoms with E-state index in [-0.39, 0.29) is 16.6 Å². The quantitative estimate of drug-likeness (QED) is 0.887. The number of hydrogen-bond acceptors (Lipinski definition) is 5. The standard InChI is InChI=1S/C16H15N3O3S/c17-9-12-8-14(23(18,20)21)5-6-15(12)19-10-13-7-11-3-1-2-4-16(11)22-13/h1-6,8,13,19H,7,10H2,(H2,18,20,21). The van der Waals surface area contributed by atoms with Gasteiger partial charge in [-0.25, -0.2) is 13.6 Å². The van der Waals surface area contributed by atoms with E-state index in [9.17, 15) is 13.7 Å². The molecule has 1 heterocycles. The number of rotatable bonds is 4. The Labute approximate surface area is 134 Å². The van der Waals surface area contributed by atoms with Gasteiger partial charge in [0.25, 0.3) is 0 Å². The van der Waals surface area contributed by atoms with E-state index in [1.807, 2.05) is 30.3 Å². The van der Waals surface area contributed by atoms with Crippen molar-refractivity contribution in [3.05, 3.63) is 53.6 Å². The van der Waals surface area contributed by atoms with Crippen molar-refractivity contribution in [2.24, 2.45) is 5.14 Å². The lowest BCUT2D eigenvalue weighted by Crippen LogP contribution is -2.24. The van der Waals surface area contributed by atoms with Gasteiger partial charge in [-0.1, -0.05) is 18.2 Å². The maximum atomic E-state index is 11.3. The van der Waals surface area contributed by atoms with Crippen LogP contribution >= 0.6 is 0 Å². The van der Waals surface area contributed by atoms with Crippen LogP contribution in [0, 0.1) is 11.3 Å². The molecule has 0 spiro atoms. The fourth-order valence-electron chi connectivity index (χ4n) is 2.54. The average Bonchev–Trinajstić information content (AvgIpc) is 2.94. The van der Waals surface area contributed by atoms with Gasteiger partial charge in [0, 0.05) is 6.42 Å². The van der Waals surface area contributed by atoms with Crippen LogP contribution in [0.2, 0.25) is 0 Å². The maximum Gasteiger partial charge on any atom is 0.238 e. The summed E-state index contributed by atoms with van der Waals surface area (Å²) < 4.78 is 28.5. The number of nitriles is 1. The second kappa shape index (κ2) is 5.91. The van der Waals surface area contributed by atoms with Crippen molar-refractivity contribution in [3.63, 3.8) is 0 Å². The van der Waals surface area contributed by atoms with Gasteiger partial charge in [-0.2, -0.15) is 5.26 Å². The van der Waals surface area contributed by atoms with Crippen LogP contribution in [0.3, 0.4) is 0 Å². The first-order valence-corrected chi connectivity index (χ1v) is 8.57. The van der Waals surface area contributed by atoms with Crippen molar-refractivity contribution in [3.8, 4) is 11.8 Å². The third-order valence-electron chi connectivity index (χ3n) is 3.67. The van der Waals surface area contributed by atoms with Crippen LogP contribution in [0.25, 0.3) is 0 Å². The molecule has 0 saturated heterocycles. The molecule has 0 saturated carbocycles. The van der Waals surface area contributed by atoms with Crippen LogP contribution in [-0.4, -0.2) is 21.1 Å². The molecule has 1 aliphatic rings. The van der Waals surface area contributed by atoms with Gasteiger partial charge in [0.1, 0.15) is 17.9 Å². The summed E-state index contributed by atoms with van der Waals surface area (Å²) >= 11 is 0. The number of primary sulfonamides is 1. The second-order valence-corrected chi connectivity index (χ2v) is 6.86. The van der Waals surface area contributed by atoms with E-state index >= 15 is 0 Å². The molecule has 118 valence electrons. The summed E-state index contributed by atoms with van der Waals surface area (Å²) in [6, 6.07) is 14.0. The monoisotopic (exact) mass is 329 g/mol. The van der Waals surface area contributed by atoms with Gasteiger partial charge in [-0.3, -0.25) is 0 Å². The summed E-state index contributed by atoms with van der Waals surface area (Å²) in [5.74, 6) is 0.879. The Morgan fingerprint density at radius 3 is 2.78 bits per heavy atom. The first-order chi connectivity index (χ1) is 11.0. The van der Waals surface area contributed by atoms with E-state index in [0.29, 0.717) is 12.2 Å². The molecule has 0 radical (unpaired) electrons. The molecule has 23 heavy (non-hydrogen) atoms. The van der Waals surface area contributed by atoms with Crippen LogP contribution in [-0.2, 0) is 16.4 Å². The topological polar surface area (TPSA) is 105 Å². The summed E-state index contributed by atoms with van der Waals surface area (Å²) in [6.07, 6.45) is 0.761. The molecular weight excluding hydrogens is 314 g/mol.